The van der Waals surface area contributed by atoms with Gasteiger partial charge in [-0.05, 0) is 42.3 Å². The van der Waals surface area contributed by atoms with Crippen molar-refractivity contribution in [3.05, 3.63) is 30.5 Å². The van der Waals surface area contributed by atoms with Crippen molar-refractivity contribution in [3.63, 3.8) is 0 Å². The first-order chi connectivity index (χ1) is 11.6. The molecule has 3 rings (SSSR count). The smallest absolute Gasteiger partial charge is 0.321 e. The van der Waals surface area contributed by atoms with Crippen molar-refractivity contribution in [2.75, 3.05) is 26.0 Å². The first-order valence-electron chi connectivity index (χ1n) is 8.38. The molecule has 1 aliphatic carbocycles. The van der Waals surface area contributed by atoms with Crippen LogP contribution in [0.15, 0.2) is 30.5 Å². The molecule has 128 valence electrons. The number of fused-ring (bicyclic) bond motifs is 1. The van der Waals surface area contributed by atoms with Crippen molar-refractivity contribution in [1.82, 2.24) is 14.8 Å². The summed E-state index contributed by atoms with van der Waals surface area (Å²) in [5, 5.41) is 6.61. The molecule has 1 saturated carbocycles. The summed E-state index contributed by atoms with van der Waals surface area (Å²) in [5.41, 5.74) is 1.67. The maximum atomic E-state index is 12.3. The molecule has 0 atom stereocenters. The molecule has 0 aliphatic heterocycles. The van der Waals surface area contributed by atoms with Crippen LogP contribution >= 0.6 is 0 Å². The molecule has 1 aromatic heterocycles. The van der Waals surface area contributed by atoms with E-state index >= 15 is 0 Å². The lowest BCUT2D eigenvalue weighted by Gasteiger charge is -2.30. The normalized spacial score (nSPS) is 14.2. The molecule has 2 N–H and O–H groups in total. The molecular weight excluding hydrogens is 304 g/mol. The number of hydrogen-bond acceptors (Lipinski definition) is 2. The molecule has 2 aromatic rings. The lowest BCUT2D eigenvalue weighted by Crippen LogP contribution is -2.37. The largest absolute Gasteiger partial charge is 0.358 e. The monoisotopic (exact) mass is 328 g/mol. The summed E-state index contributed by atoms with van der Waals surface area (Å²) in [4.78, 5) is 25.7. The van der Waals surface area contributed by atoms with Crippen LogP contribution < -0.4 is 10.6 Å². The number of amides is 3. The van der Waals surface area contributed by atoms with Gasteiger partial charge in [0, 0.05) is 32.5 Å². The zero-order valence-electron chi connectivity index (χ0n) is 14.2. The van der Waals surface area contributed by atoms with Crippen molar-refractivity contribution in [1.29, 1.82) is 0 Å². The number of anilines is 1. The van der Waals surface area contributed by atoms with Crippen LogP contribution in [0.3, 0.4) is 0 Å². The molecule has 1 heterocycles. The van der Waals surface area contributed by atoms with Crippen molar-refractivity contribution >= 4 is 28.5 Å². The maximum absolute atomic E-state index is 12.3. The molecule has 0 bridgehead atoms. The Balaban J connectivity index is 1.70. The lowest BCUT2D eigenvalue weighted by atomic mass is 9.85. The van der Waals surface area contributed by atoms with E-state index in [9.17, 15) is 9.59 Å². The molecule has 3 amide bonds. The van der Waals surface area contributed by atoms with E-state index in [1.165, 1.54) is 19.3 Å². The van der Waals surface area contributed by atoms with Gasteiger partial charge in [0.1, 0.15) is 6.54 Å². The molecule has 1 fully saturated rings. The SMILES string of the molecule is CNC(=O)Cn1ccc2ccc(NC(=O)N(C)CC3CCC3)cc21. The van der Waals surface area contributed by atoms with Crippen molar-refractivity contribution in [2.24, 2.45) is 5.92 Å². The molecule has 6 nitrogen and oxygen atoms in total. The zero-order chi connectivity index (χ0) is 17.1. The minimum Gasteiger partial charge on any atom is -0.358 e. The number of hydrogen-bond donors (Lipinski definition) is 2. The van der Waals surface area contributed by atoms with E-state index < -0.39 is 0 Å². The van der Waals surface area contributed by atoms with Crippen LogP contribution in [0.1, 0.15) is 19.3 Å². The molecule has 6 heteroatoms. The first-order valence-corrected chi connectivity index (χ1v) is 8.38. The Hall–Kier alpha value is -2.50. The van der Waals surface area contributed by atoms with Crippen LogP contribution in [0.5, 0.6) is 0 Å². The first kappa shape index (κ1) is 16.4. The third-order valence-corrected chi connectivity index (χ3v) is 4.72. The lowest BCUT2D eigenvalue weighted by molar-refractivity contribution is -0.121. The standard InChI is InChI=1S/C18H24N4O2/c1-19-17(23)12-22-9-8-14-6-7-15(10-16(14)22)20-18(24)21(2)11-13-4-3-5-13/h6-10,13H,3-5,11-12H2,1-2H3,(H,19,23)(H,20,24). The van der Waals surface area contributed by atoms with E-state index in [4.69, 9.17) is 0 Å². The predicted molar refractivity (Wildman–Crippen MR) is 95.0 cm³/mol. The number of nitrogens with zero attached hydrogens (tertiary/aromatic N) is 2. The van der Waals surface area contributed by atoms with Gasteiger partial charge in [0.2, 0.25) is 5.91 Å². The van der Waals surface area contributed by atoms with E-state index in [1.807, 2.05) is 42.1 Å². The Labute approximate surface area is 141 Å². The number of rotatable bonds is 5. The van der Waals surface area contributed by atoms with E-state index in [-0.39, 0.29) is 18.5 Å². The third-order valence-electron chi connectivity index (χ3n) is 4.72. The quantitative estimate of drug-likeness (QED) is 0.886. The summed E-state index contributed by atoms with van der Waals surface area (Å²) in [6.07, 6.45) is 5.60. The minimum atomic E-state index is -0.0920. The topological polar surface area (TPSA) is 66.4 Å². The van der Waals surface area contributed by atoms with Crippen molar-refractivity contribution < 1.29 is 9.59 Å². The van der Waals surface area contributed by atoms with Crippen LogP contribution in [0.25, 0.3) is 10.9 Å². The van der Waals surface area contributed by atoms with Gasteiger partial charge in [-0.1, -0.05) is 12.5 Å². The Bertz CT molecular complexity index is 749. The number of aromatic nitrogens is 1. The van der Waals surface area contributed by atoms with Crippen molar-refractivity contribution in [3.8, 4) is 0 Å². The fourth-order valence-electron chi connectivity index (χ4n) is 3.00. The molecule has 1 aromatic carbocycles. The maximum Gasteiger partial charge on any atom is 0.321 e. The number of carbonyl (C=O) groups excluding carboxylic acids is 2. The van der Waals surface area contributed by atoms with Gasteiger partial charge in [0.05, 0.1) is 5.52 Å². The van der Waals surface area contributed by atoms with E-state index in [1.54, 1.807) is 11.9 Å². The highest BCUT2D eigenvalue weighted by molar-refractivity contribution is 5.93. The van der Waals surface area contributed by atoms with Crippen LogP contribution in [0, 0.1) is 5.92 Å². The van der Waals surface area contributed by atoms with Crippen LogP contribution in [0.2, 0.25) is 0 Å². The highest BCUT2D eigenvalue weighted by atomic mass is 16.2. The summed E-state index contributed by atoms with van der Waals surface area (Å²) in [6.45, 7) is 1.07. The molecule has 0 unspecified atom stereocenters. The number of carbonyl (C=O) groups is 2. The van der Waals surface area contributed by atoms with Crippen LogP contribution in [-0.2, 0) is 11.3 Å². The van der Waals surface area contributed by atoms with E-state index in [2.05, 4.69) is 10.6 Å². The summed E-state index contributed by atoms with van der Waals surface area (Å²) < 4.78 is 1.88. The fraction of sp³-hybridized carbons (Fsp3) is 0.444. The minimum absolute atomic E-state index is 0.0535. The summed E-state index contributed by atoms with van der Waals surface area (Å²) in [5.74, 6) is 0.593. The Morgan fingerprint density at radius 1 is 1.29 bits per heavy atom. The highest BCUT2D eigenvalue weighted by Gasteiger charge is 2.21. The molecule has 0 radical (unpaired) electrons. The van der Waals surface area contributed by atoms with Gasteiger partial charge >= 0.3 is 6.03 Å². The second-order valence-electron chi connectivity index (χ2n) is 6.50. The van der Waals surface area contributed by atoms with E-state index in [0.29, 0.717) is 5.92 Å². The number of urea groups is 1. The Kier molecular flexibility index (Phi) is 4.74. The summed E-state index contributed by atoms with van der Waals surface area (Å²) in [6, 6.07) is 7.63. The molecule has 0 saturated heterocycles. The third kappa shape index (κ3) is 3.53. The van der Waals surface area contributed by atoms with Crippen molar-refractivity contribution in [2.45, 2.75) is 25.8 Å². The summed E-state index contributed by atoms with van der Waals surface area (Å²) in [7, 11) is 3.46. The summed E-state index contributed by atoms with van der Waals surface area (Å²) >= 11 is 0. The molecule has 0 spiro atoms. The fourth-order valence-corrected chi connectivity index (χ4v) is 3.00. The second-order valence-corrected chi connectivity index (χ2v) is 6.50. The van der Waals surface area contributed by atoms with Gasteiger partial charge in [-0.15, -0.1) is 0 Å². The highest BCUT2D eigenvalue weighted by Crippen LogP contribution is 2.27. The molecular formula is C18H24N4O2. The molecule has 1 aliphatic rings. The average molecular weight is 328 g/mol. The predicted octanol–water partition coefficient (Wildman–Crippen LogP) is 2.65. The van der Waals surface area contributed by atoms with Gasteiger partial charge in [0.25, 0.3) is 0 Å². The van der Waals surface area contributed by atoms with Gasteiger partial charge in [-0.2, -0.15) is 0 Å². The second kappa shape index (κ2) is 6.95. The number of benzene rings is 1. The average Bonchev–Trinajstić information content (AvgIpc) is 2.92. The van der Waals surface area contributed by atoms with Gasteiger partial charge < -0.3 is 20.1 Å². The van der Waals surface area contributed by atoms with E-state index in [0.717, 1.165) is 23.1 Å². The van der Waals surface area contributed by atoms with Gasteiger partial charge in [-0.25, -0.2) is 4.79 Å². The van der Waals surface area contributed by atoms with Crippen LogP contribution in [-0.4, -0.2) is 42.0 Å². The Morgan fingerprint density at radius 3 is 2.75 bits per heavy atom. The number of likely N-dealkylation sites (N-methyl/N-ethyl adjacent to an activating group) is 1. The Morgan fingerprint density at radius 2 is 2.08 bits per heavy atom. The van der Waals surface area contributed by atoms with Crippen LogP contribution in [0.4, 0.5) is 10.5 Å². The van der Waals surface area contributed by atoms with Gasteiger partial charge in [-0.3, -0.25) is 4.79 Å². The molecule has 24 heavy (non-hydrogen) atoms. The zero-order valence-corrected chi connectivity index (χ0v) is 14.2. The van der Waals surface area contributed by atoms with Gasteiger partial charge in [0.15, 0.2) is 0 Å². The number of nitrogens with one attached hydrogen (secondary N) is 2.